The van der Waals surface area contributed by atoms with Gasteiger partial charge in [-0.1, -0.05) is 11.8 Å². The van der Waals surface area contributed by atoms with Crippen molar-refractivity contribution >= 4 is 17.2 Å². The lowest BCUT2D eigenvalue weighted by atomic mass is 10.0. The standard InChI is InChI=1S/C15H21N3OS/c1-17-9-5-13(6-10-17)18(2)15(19)14-12(4-3-8-16)7-11-20-14/h7,11,13H,5-6,8-10,16H2,1-2H3. The van der Waals surface area contributed by atoms with E-state index in [1.165, 1.54) is 11.3 Å². The maximum absolute atomic E-state index is 12.6. The van der Waals surface area contributed by atoms with Gasteiger partial charge in [-0.15, -0.1) is 11.3 Å². The molecule has 4 nitrogen and oxygen atoms in total. The fourth-order valence-corrected chi connectivity index (χ4v) is 3.26. The predicted octanol–water partition coefficient (Wildman–Crippen LogP) is 1.22. The van der Waals surface area contributed by atoms with Crippen LogP contribution < -0.4 is 5.73 Å². The van der Waals surface area contributed by atoms with Crippen LogP contribution in [-0.4, -0.2) is 55.5 Å². The van der Waals surface area contributed by atoms with Crippen molar-refractivity contribution in [2.75, 3.05) is 33.7 Å². The van der Waals surface area contributed by atoms with Crippen LogP contribution >= 0.6 is 11.3 Å². The van der Waals surface area contributed by atoms with Gasteiger partial charge in [-0.25, -0.2) is 0 Å². The van der Waals surface area contributed by atoms with Gasteiger partial charge >= 0.3 is 0 Å². The van der Waals surface area contributed by atoms with Gasteiger partial charge in [0, 0.05) is 18.7 Å². The van der Waals surface area contributed by atoms with E-state index < -0.39 is 0 Å². The fraction of sp³-hybridized carbons (Fsp3) is 0.533. The van der Waals surface area contributed by atoms with Crippen molar-refractivity contribution in [2.24, 2.45) is 5.73 Å². The van der Waals surface area contributed by atoms with Crippen LogP contribution in [0.3, 0.4) is 0 Å². The molecule has 2 N–H and O–H groups in total. The summed E-state index contributed by atoms with van der Waals surface area (Å²) in [5, 5.41) is 1.91. The molecule has 2 heterocycles. The second kappa shape index (κ2) is 6.89. The molecule has 1 aromatic heterocycles. The number of carbonyl (C=O) groups is 1. The van der Waals surface area contributed by atoms with Gasteiger partial charge in [0.1, 0.15) is 4.88 Å². The quantitative estimate of drug-likeness (QED) is 0.834. The van der Waals surface area contributed by atoms with Gasteiger partial charge < -0.3 is 15.5 Å². The highest BCUT2D eigenvalue weighted by Gasteiger charge is 2.26. The zero-order valence-electron chi connectivity index (χ0n) is 12.1. The molecule has 0 saturated carbocycles. The summed E-state index contributed by atoms with van der Waals surface area (Å²) in [6.45, 7) is 2.41. The van der Waals surface area contributed by atoms with E-state index in [1.807, 2.05) is 23.4 Å². The number of likely N-dealkylation sites (tertiary alicyclic amines) is 1. The fourth-order valence-electron chi connectivity index (χ4n) is 2.43. The lowest BCUT2D eigenvalue weighted by Crippen LogP contribution is -2.44. The van der Waals surface area contributed by atoms with Gasteiger partial charge in [-0.05, 0) is 44.4 Å². The van der Waals surface area contributed by atoms with Crippen LogP contribution in [0.5, 0.6) is 0 Å². The van der Waals surface area contributed by atoms with Gasteiger partial charge in [0.05, 0.1) is 6.54 Å². The van der Waals surface area contributed by atoms with Crippen LogP contribution in [0.4, 0.5) is 0 Å². The van der Waals surface area contributed by atoms with Crippen molar-refractivity contribution < 1.29 is 4.79 Å². The van der Waals surface area contributed by atoms with Crippen molar-refractivity contribution in [3.8, 4) is 11.8 Å². The topological polar surface area (TPSA) is 49.6 Å². The first kappa shape index (κ1) is 15.0. The molecule has 1 fully saturated rings. The number of piperidine rings is 1. The normalized spacial score (nSPS) is 16.6. The van der Waals surface area contributed by atoms with E-state index in [2.05, 4.69) is 23.8 Å². The summed E-state index contributed by atoms with van der Waals surface area (Å²) in [7, 11) is 4.02. The van der Waals surface area contributed by atoms with Crippen molar-refractivity contribution in [2.45, 2.75) is 18.9 Å². The largest absolute Gasteiger partial charge is 0.338 e. The maximum Gasteiger partial charge on any atom is 0.265 e. The van der Waals surface area contributed by atoms with Gasteiger partial charge in [-0.2, -0.15) is 0 Å². The molecule has 1 aliphatic rings. The third-order valence-electron chi connectivity index (χ3n) is 3.74. The highest BCUT2D eigenvalue weighted by molar-refractivity contribution is 7.12. The molecule has 2 rings (SSSR count). The van der Waals surface area contributed by atoms with Crippen molar-refractivity contribution in [1.82, 2.24) is 9.80 Å². The van der Waals surface area contributed by atoms with E-state index in [-0.39, 0.29) is 5.91 Å². The van der Waals surface area contributed by atoms with Crippen LogP contribution in [0, 0.1) is 11.8 Å². The number of amides is 1. The third kappa shape index (κ3) is 3.40. The Morgan fingerprint density at radius 3 is 2.90 bits per heavy atom. The lowest BCUT2D eigenvalue weighted by molar-refractivity contribution is 0.0664. The Kier molecular flexibility index (Phi) is 5.18. The van der Waals surface area contributed by atoms with Crippen molar-refractivity contribution in [3.63, 3.8) is 0 Å². The van der Waals surface area contributed by atoms with E-state index >= 15 is 0 Å². The van der Waals surface area contributed by atoms with Crippen LogP contribution in [0.25, 0.3) is 0 Å². The molecule has 0 unspecified atom stereocenters. The second-order valence-electron chi connectivity index (χ2n) is 5.12. The first-order chi connectivity index (χ1) is 9.63. The predicted molar refractivity (Wildman–Crippen MR) is 82.9 cm³/mol. The molecule has 1 aliphatic heterocycles. The average Bonchev–Trinajstić information content (AvgIpc) is 2.92. The Balaban J connectivity index is 2.09. The second-order valence-corrected chi connectivity index (χ2v) is 6.04. The molecule has 20 heavy (non-hydrogen) atoms. The number of hydrogen-bond acceptors (Lipinski definition) is 4. The Bertz CT molecular complexity index is 521. The Labute approximate surface area is 124 Å². The van der Waals surface area contributed by atoms with E-state index in [4.69, 9.17) is 5.73 Å². The van der Waals surface area contributed by atoms with E-state index in [9.17, 15) is 4.79 Å². The van der Waals surface area contributed by atoms with Crippen LogP contribution in [0.2, 0.25) is 0 Å². The third-order valence-corrected chi connectivity index (χ3v) is 4.64. The minimum atomic E-state index is 0.0795. The number of hydrogen-bond donors (Lipinski definition) is 1. The van der Waals surface area contributed by atoms with Gasteiger partial charge in [0.25, 0.3) is 5.91 Å². The molecule has 108 valence electrons. The molecule has 0 aromatic carbocycles. The molecule has 0 atom stereocenters. The highest BCUT2D eigenvalue weighted by atomic mass is 32.1. The molecule has 1 amide bonds. The number of thiophene rings is 1. The van der Waals surface area contributed by atoms with E-state index in [1.54, 1.807) is 0 Å². The van der Waals surface area contributed by atoms with Crippen LogP contribution in [-0.2, 0) is 0 Å². The Morgan fingerprint density at radius 1 is 1.55 bits per heavy atom. The minimum Gasteiger partial charge on any atom is -0.338 e. The first-order valence-electron chi connectivity index (χ1n) is 6.85. The molecule has 0 aliphatic carbocycles. The SMILES string of the molecule is CN1CCC(N(C)C(=O)c2sccc2C#CCN)CC1. The molecule has 1 aromatic rings. The van der Waals surface area contributed by atoms with Crippen LogP contribution in [0.15, 0.2) is 11.4 Å². The molecular weight excluding hydrogens is 270 g/mol. The van der Waals surface area contributed by atoms with Crippen molar-refractivity contribution in [1.29, 1.82) is 0 Å². The monoisotopic (exact) mass is 291 g/mol. The highest BCUT2D eigenvalue weighted by Crippen LogP contribution is 2.21. The molecule has 1 saturated heterocycles. The van der Waals surface area contributed by atoms with Gasteiger partial charge in [0.2, 0.25) is 0 Å². The lowest BCUT2D eigenvalue weighted by Gasteiger charge is -2.35. The number of nitrogens with zero attached hydrogens (tertiary/aromatic N) is 2. The first-order valence-corrected chi connectivity index (χ1v) is 7.73. The summed E-state index contributed by atoms with van der Waals surface area (Å²) in [6.07, 6.45) is 2.07. The summed E-state index contributed by atoms with van der Waals surface area (Å²) in [5.74, 6) is 5.88. The van der Waals surface area contributed by atoms with Crippen LogP contribution in [0.1, 0.15) is 28.1 Å². The summed E-state index contributed by atoms with van der Waals surface area (Å²) < 4.78 is 0. The summed E-state index contributed by atoms with van der Waals surface area (Å²) in [5.41, 5.74) is 6.19. The average molecular weight is 291 g/mol. The van der Waals surface area contributed by atoms with Gasteiger partial charge in [-0.3, -0.25) is 4.79 Å². The summed E-state index contributed by atoms with van der Waals surface area (Å²) >= 11 is 1.46. The summed E-state index contributed by atoms with van der Waals surface area (Å²) in [4.78, 5) is 17.5. The Morgan fingerprint density at radius 2 is 2.25 bits per heavy atom. The zero-order valence-corrected chi connectivity index (χ0v) is 12.9. The minimum absolute atomic E-state index is 0.0795. The zero-order chi connectivity index (χ0) is 14.5. The number of nitrogens with two attached hydrogens (primary N) is 1. The van der Waals surface area contributed by atoms with Crippen molar-refractivity contribution in [3.05, 3.63) is 21.9 Å². The molecule has 0 bridgehead atoms. The maximum atomic E-state index is 12.6. The molecule has 0 spiro atoms. The van der Waals surface area contributed by atoms with E-state index in [0.29, 0.717) is 12.6 Å². The molecule has 0 radical (unpaired) electrons. The molecule has 5 heteroatoms. The number of rotatable bonds is 2. The van der Waals surface area contributed by atoms with Gasteiger partial charge in [0.15, 0.2) is 0 Å². The summed E-state index contributed by atoms with van der Waals surface area (Å²) in [6, 6.07) is 2.22. The smallest absolute Gasteiger partial charge is 0.265 e. The Hall–Kier alpha value is -1.35. The molecular formula is C15H21N3OS. The van der Waals surface area contributed by atoms with E-state index in [0.717, 1.165) is 36.4 Å². The number of carbonyl (C=O) groups excluding carboxylic acids is 1.